The summed E-state index contributed by atoms with van der Waals surface area (Å²) in [5.74, 6) is 7.01. The first-order chi connectivity index (χ1) is 17.3. The third-order valence-electron chi connectivity index (χ3n) is 5.65. The monoisotopic (exact) mass is 496 g/mol. The van der Waals surface area contributed by atoms with Gasteiger partial charge in [0.15, 0.2) is 11.6 Å². The predicted octanol–water partition coefficient (Wildman–Crippen LogP) is 3.47. The van der Waals surface area contributed by atoms with E-state index in [1.807, 2.05) is 27.3 Å². The number of alkyl halides is 3. The maximum Gasteiger partial charge on any atom is 0.421 e. The minimum absolute atomic E-state index is 0.0775. The van der Waals surface area contributed by atoms with Crippen molar-refractivity contribution in [2.24, 2.45) is 0 Å². The predicted molar refractivity (Wildman–Crippen MR) is 121 cm³/mol. The number of rotatable bonds is 4. The molecule has 0 radical (unpaired) electrons. The maximum absolute atomic E-state index is 13.4. The van der Waals surface area contributed by atoms with Gasteiger partial charge in [0.25, 0.3) is 0 Å². The number of benzene rings is 1. The van der Waals surface area contributed by atoms with Crippen molar-refractivity contribution in [3.8, 4) is 40.5 Å². The first kappa shape index (κ1) is 23.4. The first-order valence-corrected chi connectivity index (χ1v) is 10.6. The van der Waals surface area contributed by atoms with Gasteiger partial charge in [-0.05, 0) is 30.2 Å². The van der Waals surface area contributed by atoms with Crippen molar-refractivity contribution in [1.29, 1.82) is 0 Å². The molecule has 0 fully saturated rings. The van der Waals surface area contributed by atoms with E-state index in [1.54, 1.807) is 20.5 Å². The highest BCUT2D eigenvalue weighted by Gasteiger charge is 2.35. The molecule has 4 aromatic rings. The molecule has 0 amide bonds. The Balaban J connectivity index is 1.63. The average molecular weight is 496 g/mol. The van der Waals surface area contributed by atoms with Gasteiger partial charge in [0, 0.05) is 24.4 Å². The van der Waals surface area contributed by atoms with Crippen molar-refractivity contribution in [3.63, 3.8) is 0 Å². The molecular weight excluding hydrogens is 477 g/mol. The lowest BCUT2D eigenvalue weighted by Crippen LogP contribution is -2.09. The normalized spacial score (nSPS) is 12.1. The maximum atomic E-state index is 13.4. The second kappa shape index (κ2) is 9.01. The molecule has 9 nitrogen and oxygen atoms in total. The fourth-order valence-corrected chi connectivity index (χ4v) is 3.97. The molecule has 184 valence electrons. The van der Waals surface area contributed by atoms with Crippen LogP contribution in [0.25, 0.3) is 17.1 Å². The van der Waals surface area contributed by atoms with Crippen LogP contribution in [0.4, 0.5) is 13.2 Å². The Morgan fingerprint density at radius 2 is 1.86 bits per heavy atom. The Bertz CT molecular complexity index is 1510. The summed E-state index contributed by atoms with van der Waals surface area (Å²) < 4.78 is 59.3. The number of ether oxygens (including phenoxy) is 3. The molecule has 1 aliphatic heterocycles. The Hall–Kier alpha value is -4.37. The minimum atomic E-state index is -4.63. The van der Waals surface area contributed by atoms with Gasteiger partial charge in [0.2, 0.25) is 5.88 Å². The van der Waals surface area contributed by atoms with Crippen LogP contribution < -0.4 is 9.47 Å². The second-order valence-corrected chi connectivity index (χ2v) is 7.78. The van der Waals surface area contributed by atoms with Crippen LogP contribution >= 0.6 is 0 Å². The minimum Gasteiger partial charge on any atom is -0.497 e. The Morgan fingerprint density at radius 1 is 1.03 bits per heavy atom. The molecule has 0 atom stereocenters. The van der Waals surface area contributed by atoms with Gasteiger partial charge in [-0.15, -0.1) is 10.2 Å². The van der Waals surface area contributed by atoms with Crippen LogP contribution in [0, 0.1) is 11.8 Å². The molecule has 0 bridgehead atoms. The third-order valence-corrected chi connectivity index (χ3v) is 5.65. The fourth-order valence-electron chi connectivity index (χ4n) is 3.97. The molecule has 0 saturated carbocycles. The molecule has 5 rings (SSSR count). The lowest BCUT2D eigenvalue weighted by atomic mass is 10.1. The van der Waals surface area contributed by atoms with E-state index in [2.05, 4.69) is 32.0 Å². The molecule has 36 heavy (non-hydrogen) atoms. The summed E-state index contributed by atoms with van der Waals surface area (Å²) in [6.07, 6.45) is -1.78. The van der Waals surface area contributed by atoms with Crippen molar-refractivity contribution in [3.05, 3.63) is 65.1 Å². The summed E-state index contributed by atoms with van der Waals surface area (Å²) in [5, 5.41) is 8.64. The van der Waals surface area contributed by atoms with Crippen LogP contribution in [0.1, 0.15) is 28.3 Å². The zero-order valence-corrected chi connectivity index (χ0v) is 19.4. The van der Waals surface area contributed by atoms with Crippen LogP contribution in [-0.4, -0.2) is 50.6 Å². The molecule has 4 heterocycles. The van der Waals surface area contributed by atoms with Gasteiger partial charge in [-0.1, -0.05) is 5.92 Å². The molecule has 12 heteroatoms. The van der Waals surface area contributed by atoms with Gasteiger partial charge in [0.05, 0.1) is 32.1 Å². The summed E-state index contributed by atoms with van der Waals surface area (Å²) in [5.41, 5.74) is 1.74. The van der Waals surface area contributed by atoms with Gasteiger partial charge in [0.1, 0.15) is 29.9 Å². The van der Waals surface area contributed by atoms with E-state index in [0.29, 0.717) is 35.3 Å². The van der Waals surface area contributed by atoms with E-state index in [0.717, 1.165) is 24.4 Å². The van der Waals surface area contributed by atoms with Gasteiger partial charge in [-0.2, -0.15) is 13.2 Å². The number of aromatic nitrogens is 6. The van der Waals surface area contributed by atoms with Gasteiger partial charge in [-0.25, -0.2) is 9.97 Å². The Labute approximate surface area is 203 Å². The average Bonchev–Trinajstić information content (AvgIpc) is 3.42. The highest BCUT2D eigenvalue weighted by molar-refractivity contribution is 5.71. The highest BCUT2D eigenvalue weighted by Crippen LogP contribution is 2.36. The smallest absolute Gasteiger partial charge is 0.421 e. The van der Waals surface area contributed by atoms with E-state index in [-0.39, 0.29) is 12.2 Å². The summed E-state index contributed by atoms with van der Waals surface area (Å²) >= 11 is 0. The molecule has 3 aromatic heterocycles. The van der Waals surface area contributed by atoms with Gasteiger partial charge < -0.3 is 18.8 Å². The van der Waals surface area contributed by atoms with Crippen LogP contribution in [0.15, 0.2) is 36.8 Å². The Kier molecular flexibility index (Phi) is 5.85. The number of hydrogen-bond acceptors (Lipinski definition) is 7. The van der Waals surface area contributed by atoms with Crippen LogP contribution in [0.5, 0.6) is 11.6 Å². The Morgan fingerprint density at radius 3 is 2.58 bits per heavy atom. The van der Waals surface area contributed by atoms with Crippen molar-refractivity contribution in [2.75, 3.05) is 21.3 Å². The zero-order chi connectivity index (χ0) is 25.4. The van der Waals surface area contributed by atoms with E-state index < -0.39 is 17.6 Å². The summed E-state index contributed by atoms with van der Waals surface area (Å²) in [4.78, 5) is 8.19. The molecule has 0 unspecified atom stereocenters. The quantitative estimate of drug-likeness (QED) is 0.352. The van der Waals surface area contributed by atoms with Crippen LogP contribution in [0.3, 0.4) is 0 Å². The molecule has 0 spiro atoms. The SMILES string of the molecule is COCc1nnc2n1Cc1c(C#Cc3cnc(OC)c(C(F)(F)F)c3)ncn1-c1ccc(OC)cc1-2. The summed E-state index contributed by atoms with van der Waals surface area (Å²) in [6.45, 7) is 0.551. The summed E-state index contributed by atoms with van der Waals surface area (Å²) in [6, 6.07) is 6.45. The van der Waals surface area contributed by atoms with E-state index >= 15 is 0 Å². The second-order valence-electron chi connectivity index (χ2n) is 7.78. The van der Waals surface area contributed by atoms with E-state index in [4.69, 9.17) is 14.2 Å². The van der Waals surface area contributed by atoms with E-state index in [1.165, 1.54) is 6.20 Å². The fraction of sp³-hybridized carbons (Fsp3) is 0.250. The molecule has 1 aliphatic rings. The van der Waals surface area contributed by atoms with Crippen molar-refractivity contribution in [2.45, 2.75) is 19.3 Å². The highest BCUT2D eigenvalue weighted by atomic mass is 19.4. The molecule has 1 aromatic carbocycles. The van der Waals surface area contributed by atoms with Gasteiger partial charge in [-0.3, -0.25) is 4.57 Å². The molecule has 0 N–H and O–H groups in total. The van der Waals surface area contributed by atoms with Crippen molar-refractivity contribution < 1.29 is 27.4 Å². The molecular formula is C24H19F3N6O3. The number of methoxy groups -OCH3 is 3. The summed E-state index contributed by atoms with van der Waals surface area (Å²) in [7, 11) is 4.27. The first-order valence-electron chi connectivity index (χ1n) is 10.6. The number of hydrogen-bond donors (Lipinski definition) is 0. The largest absolute Gasteiger partial charge is 0.497 e. The van der Waals surface area contributed by atoms with Crippen LogP contribution in [-0.2, 0) is 24.1 Å². The molecule has 0 aliphatic carbocycles. The topological polar surface area (TPSA) is 89.1 Å². The number of pyridine rings is 1. The zero-order valence-electron chi connectivity index (χ0n) is 19.4. The number of imidazole rings is 1. The van der Waals surface area contributed by atoms with E-state index in [9.17, 15) is 13.2 Å². The number of fused-ring (bicyclic) bond motifs is 5. The van der Waals surface area contributed by atoms with Crippen molar-refractivity contribution in [1.82, 2.24) is 29.3 Å². The van der Waals surface area contributed by atoms with Crippen LogP contribution in [0.2, 0.25) is 0 Å². The van der Waals surface area contributed by atoms with Gasteiger partial charge >= 0.3 is 6.18 Å². The number of nitrogens with zero attached hydrogens (tertiary/aromatic N) is 6. The molecule has 0 saturated heterocycles. The number of halogens is 3. The van der Waals surface area contributed by atoms with Crippen molar-refractivity contribution >= 4 is 0 Å². The lowest BCUT2D eigenvalue weighted by molar-refractivity contribution is -0.139. The third kappa shape index (κ3) is 4.03. The lowest BCUT2D eigenvalue weighted by Gasteiger charge is -2.10. The standard InChI is InChI=1S/C24H19F3N6O3/c1-34-12-21-30-31-22-16-9-15(35-2)5-7-19(16)33-13-29-18(20(33)11-32(21)22)6-4-14-8-17(24(25,26)27)23(36-3)28-10-14/h5,7-10,13H,11-12H2,1-3H3.